The zero-order chi connectivity index (χ0) is 4.12. The summed E-state index contributed by atoms with van der Waals surface area (Å²) in [6.45, 7) is 0. The van der Waals surface area contributed by atoms with E-state index in [1.54, 1.807) is 0 Å². The van der Waals surface area contributed by atoms with E-state index < -0.39 is 0 Å². The molecule has 0 fully saturated rings. The Kier molecular flexibility index (Phi) is 19.0. The van der Waals surface area contributed by atoms with Crippen molar-refractivity contribution in [3.8, 4) is 0 Å². The summed E-state index contributed by atoms with van der Waals surface area (Å²) in [5.41, 5.74) is 0. The van der Waals surface area contributed by atoms with Crippen molar-refractivity contribution in [1.29, 1.82) is 0 Å². The molecule has 0 aromatic rings. The van der Waals surface area contributed by atoms with Gasteiger partial charge in [0.1, 0.15) is 0 Å². The van der Waals surface area contributed by atoms with Crippen molar-refractivity contribution in [3.63, 3.8) is 0 Å². The molecule has 0 amide bonds. The monoisotopic (exact) mass is 248 g/mol. The Morgan fingerprint density at radius 2 is 1.60 bits per heavy atom. The molecule has 0 bridgehead atoms. The normalized spacial score (nSPS) is 2.80. The predicted molar refractivity (Wildman–Crippen MR) is 28.8 cm³/mol. The van der Waals surface area contributed by atoms with E-state index in [0.717, 1.165) is 1.41 Å². The molecular formula is Mg3Sr2. The molecule has 0 aliphatic rings. The van der Waals surface area contributed by atoms with Crippen molar-refractivity contribution in [2.45, 2.75) is 0 Å². The fraction of sp³-hybridized carbons (Fsp3) is 0. The molecule has 10 valence electrons. The van der Waals surface area contributed by atoms with Crippen LogP contribution in [0.4, 0.5) is 0 Å². The summed E-state index contributed by atoms with van der Waals surface area (Å²) >= 11 is 5.17. The van der Waals surface area contributed by atoms with Gasteiger partial charge in [-0.2, -0.15) is 0 Å². The Morgan fingerprint density at radius 1 is 1.20 bits per heavy atom. The standard InChI is InChI=1S/3Mg.2Sr. The van der Waals surface area contributed by atoms with Crippen LogP contribution in [0.15, 0.2) is 0 Å². The fourth-order valence-electron chi connectivity index (χ4n) is 0.177. The molecule has 0 atom stereocenters. The zero-order valence-electron chi connectivity index (χ0n) is 3.54. The first kappa shape index (κ1) is 10.3. The average Bonchev–Trinajstić information content (AvgIpc) is 1.41. The first-order valence-electron chi connectivity index (χ1n) is 2.00. The molecular weight excluding hydrogens is 248 g/mol. The second-order valence-electron chi connectivity index (χ2n) is 1.06. The molecule has 0 saturated heterocycles. The summed E-state index contributed by atoms with van der Waals surface area (Å²) in [5.74, 6) is 0. The van der Waals surface area contributed by atoms with Crippen molar-refractivity contribution in [2.24, 2.45) is 0 Å². The van der Waals surface area contributed by atoms with Crippen LogP contribution in [0, 0.1) is 0 Å². The van der Waals surface area contributed by atoms with Crippen LogP contribution in [-0.4, -0.2) is 86.0 Å². The second kappa shape index (κ2) is 9.26. The first-order valence-corrected chi connectivity index (χ1v) is 35.5. The van der Waals surface area contributed by atoms with Gasteiger partial charge in [0.15, 0.2) is 0 Å². The Hall–Kier alpha value is 5.26. The van der Waals surface area contributed by atoms with Crippen LogP contribution in [0.2, 0.25) is 0 Å². The molecule has 0 aromatic carbocycles. The molecule has 5 heteroatoms. The molecule has 0 aliphatic heterocycles. The summed E-state index contributed by atoms with van der Waals surface area (Å²) in [4.78, 5) is 0. The van der Waals surface area contributed by atoms with Gasteiger partial charge in [-0.25, -0.2) is 0 Å². The SMILES string of the molecule is [Mg][Sr][Mg][Sr][Mg]. The van der Waals surface area contributed by atoms with Crippen LogP contribution in [0.1, 0.15) is 0 Å². The number of rotatable bonds is 2. The van der Waals surface area contributed by atoms with Gasteiger partial charge in [-0.3, -0.25) is 0 Å². The predicted octanol–water partition coefficient (Wildman–Crippen LogP) is -1.90. The molecule has 0 rings (SSSR count). The van der Waals surface area contributed by atoms with Crippen molar-refractivity contribution in [2.75, 3.05) is 0 Å². The van der Waals surface area contributed by atoms with Gasteiger partial charge in [0.25, 0.3) is 0 Å². The molecule has 0 saturated carbocycles. The molecule has 0 nitrogen and oxygen atoms in total. The van der Waals surface area contributed by atoms with Crippen molar-refractivity contribution >= 4 is 86.0 Å². The van der Waals surface area contributed by atoms with Crippen molar-refractivity contribution in [1.82, 2.24) is 0 Å². The van der Waals surface area contributed by atoms with E-state index in [9.17, 15) is 0 Å². The molecule has 0 aromatic heterocycles. The molecule has 0 N–H and O–H groups in total. The second-order valence-corrected chi connectivity index (χ2v) is 74.8. The molecule has 0 unspecified atom stereocenters. The van der Waals surface area contributed by atoms with E-state index in [2.05, 4.69) is 24.5 Å². The van der Waals surface area contributed by atoms with Gasteiger partial charge in [-0.15, -0.1) is 0 Å². The minimum atomic E-state index is 0.205. The topological polar surface area (TPSA) is 0 Å². The molecule has 0 spiro atoms. The first-order chi connectivity index (χ1) is 2.41. The molecule has 2 radical (unpaired) electrons. The summed E-state index contributed by atoms with van der Waals surface area (Å²) in [6, 6.07) is 0. The van der Waals surface area contributed by atoms with Gasteiger partial charge in [0.05, 0.1) is 0 Å². The quantitative estimate of drug-likeness (QED) is 0.501. The molecule has 5 heavy (non-hydrogen) atoms. The van der Waals surface area contributed by atoms with E-state index in [4.69, 9.17) is 0 Å². The third kappa shape index (κ3) is 9.26. The Morgan fingerprint density at radius 3 is 1.60 bits per heavy atom. The third-order valence-electron chi connectivity index (χ3n) is 0.500. The van der Waals surface area contributed by atoms with Gasteiger partial charge in [0.2, 0.25) is 0 Å². The van der Waals surface area contributed by atoms with Gasteiger partial charge >= 0.3 is 86.0 Å². The van der Waals surface area contributed by atoms with Gasteiger partial charge in [0, 0.05) is 0 Å². The van der Waals surface area contributed by atoms with Crippen LogP contribution in [-0.2, 0) is 0 Å². The van der Waals surface area contributed by atoms with E-state index in [0.29, 0.717) is 0 Å². The summed E-state index contributed by atoms with van der Waals surface area (Å²) in [7, 11) is 0. The van der Waals surface area contributed by atoms with Gasteiger partial charge in [-0.05, 0) is 0 Å². The van der Waals surface area contributed by atoms with Gasteiger partial charge < -0.3 is 0 Å². The van der Waals surface area contributed by atoms with Crippen LogP contribution >= 0.6 is 0 Å². The third-order valence-corrected chi connectivity index (χ3v) is 157. The Bertz CT molecular complexity index is 12.4. The minimum absolute atomic E-state index is 0.205. The fourth-order valence-corrected chi connectivity index (χ4v) is 167. The summed E-state index contributed by atoms with van der Waals surface area (Å²) in [5, 5.41) is 0. The number of hydrogen-bond acceptors (Lipinski definition) is 0. The molecule has 0 aliphatic carbocycles. The van der Waals surface area contributed by atoms with Crippen LogP contribution in [0.25, 0.3) is 0 Å². The van der Waals surface area contributed by atoms with E-state index in [-0.39, 0.29) is 60.1 Å². The number of hydrogen-bond donors (Lipinski definition) is 0. The van der Waals surface area contributed by atoms with E-state index >= 15 is 0 Å². The molecule has 0 heterocycles. The summed E-state index contributed by atoms with van der Waals surface area (Å²) < 4.78 is 0.877. The van der Waals surface area contributed by atoms with E-state index in [1.165, 1.54) is 0 Å². The Labute approximate surface area is 80.9 Å². The van der Waals surface area contributed by atoms with Crippen LogP contribution in [0.5, 0.6) is 0 Å². The van der Waals surface area contributed by atoms with Crippen LogP contribution in [0.3, 0.4) is 0 Å². The van der Waals surface area contributed by atoms with Crippen molar-refractivity contribution < 1.29 is 0 Å². The van der Waals surface area contributed by atoms with Crippen LogP contribution < -0.4 is 0 Å². The maximum absolute atomic E-state index is 2.38. The van der Waals surface area contributed by atoms with E-state index in [1.807, 2.05) is 0 Å². The van der Waals surface area contributed by atoms with Crippen molar-refractivity contribution in [3.05, 3.63) is 0 Å². The summed E-state index contributed by atoms with van der Waals surface area (Å²) in [6.07, 6.45) is 0. The zero-order valence-corrected chi connectivity index (χ0v) is 14.7. The van der Waals surface area contributed by atoms with Gasteiger partial charge in [-0.1, -0.05) is 0 Å². The average molecular weight is 248 g/mol. The Balaban J connectivity index is 2.19. The maximum atomic E-state index is 2.38.